The summed E-state index contributed by atoms with van der Waals surface area (Å²) in [6, 6.07) is 9.67. The first-order valence-corrected chi connectivity index (χ1v) is 8.54. The smallest absolute Gasteiger partial charge is 0.253 e. The molecule has 1 fully saturated rings. The lowest BCUT2D eigenvalue weighted by Crippen LogP contribution is -2.33. The second-order valence-electron chi connectivity index (χ2n) is 6.33. The molecule has 1 aliphatic rings. The molecule has 0 radical (unpaired) electrons. The van der Waals surface area contributed by atoms with Gasteiger partial charge in [-0.05, 0) is 56.0 Å². The summed E-state index contributed by atoms with van der Waals surface area (Å²) < 4.78 is 7.34. The Morgan fingerprint density at radius 3 is 3.08 bits per heavy atom. The molecule has 1 saturated heterocycles. The number of aryl methyl sites for hydroxylation is 1. The monoisotopic (exact) mass is 336 g/mol. The Bertz CT molecular complexity index is 913. The summed E-state index contributed by atoms with van der Waals surface area (Å²) in [6.07, 6.45) is 6.16. The minimum Gasteiger partial charge on any atom is -0.368 e. The molecule has 6 nitrogen and oxygen atoms in total. The van der Waals surface area contributed by atoms with Crippen molar-refractivity contribution in [3.05, 3.63) is 48.3 Å². The Balaban J connectivity index is 1.60. The maximum absolute atomic E-state index is 12.4. The van der Waals surface area contributed by atoms with E-state index in [1.54, 1.807) is 10.7 Å². The molecule has 2 aromatic heterocycles. The third-order valence-electron chi connectivity index (χ3n) is 4.50. The van der Waals surface area contributed by atoms with Gasteiger partial charge in [-0.3, -0.25) is 4.79 Å². The standard InChI is InChI=1S/C19H20N4O2/c1-13-7-8-14(21-19(24)17-6-2-3-10-25-17)11-16(13)18-20-12-15-5-4-9-23(15)22-18/h4-5,7-9,11-12,17H,2-3,6,10H2,1H3,(H,21,24)/t17-/m0/s1. The Morgan fingerprint density at radius 1 is 1.32 bits per heavy atom. The molecular formula is C19H20N4O2. The summed E-state index contributed by atoms with van der Waals surface area (Å²) >= 11 is 0. The number of nitrogens with one attached hydrogen (secondary N) is 1. The number of carbonyl (C=O) groups excluding carboxylic acids is 1. The number of aromatic nitrogens is 3. The van der Waals surface area contributed by atoms with Gasteiger partial charge < -0.3 is 10.1 Å². The molecule has 0 spiro atoms. The first-order chi connectivity index (χ1) is 12.2. The normalized spacial score (nSPS) is 17.6. The fourth-order valence-electron chi connectivity index (χ4n) is 3.07. The van der Waals surface area contributed by atoms with Crippen molar-refractivity contribution in [3.63, 3.8) is 0 Å². The molecular weight excluding hydrogens is 316 g/mol. The van der Waals surface area contributed by atoms with Crippen LogP contribution >= 0.6 is 0 Å². The van der Waals surface area contributed by atoms with Gasteiger partial charge in [0.05, 0.1) is 11.7 Å². The minimum atomic E-state index is -0.356. The Hall–Kier alpha value is -2.73. The first-order valence-electron chi connectivity index (χ1n) is 8.54. The molecule has 1 aromatic carbocycles. The van der Waals surface area contributed by atoms with Crippen LogP contribution in [0.4, 0.5) is 5.69 Å². The molecule has 4 rings (SSSR count). The third-order valence-corrected chi connectivity index (χ3v) is 4.50. The van der Waals surface area contributed by atoms with Gasteiger partial charge in [0.2, 0.25) is 0 Å². The number of rotatable bonds is 3. The molecule has 0 saturated carbocycles. The van der Waals surface area contributed by atoms with E-state index in [0.29, 0.717) is 12.4 Å². The van der Waals surface area contributed by atoms with Crippen LogP contribution in [0.2, 0.25) is 0 Å². The molecule has 1 amide bonds. The van der Waals surface area contributed by atoms with Gasteiger partial charge in [0.15, 0.2) is 5.82 Å². The van der Waals surface area contributed by atoms with E-state index in [1.165, 1.54) is 0 Å². The summed E-state index contributed by atoms with van der Waals surface area (Å²) in [5.41, 5.74) is 3.63. The van der Waals surface area contributed by atoms with Crippen molar-refractivity contribution in [2.75, 3.05) is 11.9 Å². The lowest BCUT2D eigenvalue weighted by molar-refractivity contribution is -0.129. The lowest BCUT2D eigenvalue weighted by Gasteiger charge is -2.21. The van der Waals surface area contributed by atoms with Crippen LogP contribution in [0.5, 0.6) is 0 Å². The second-order valence-corrected chi connectivity index (χ2v) is 6.33. The molecule has 1 aliphatic heterocycles. The van der Waals surface area contributed by atoms with Gasteiger partial charge in [-0.15, -0.1) is 5.10 Å². The highest BCUT2D eigenvalue weighted by molar-refractivity contribution is 5.94. The van der Waals surface area contributed by atoms with Crippen LogP contribution in [0.3, 0.4) is 0 Å². The topological polar surface area (TPSA) is 68.5 Å². The zero-order chi connectivity index (χ0) is 17.2. The van der Waals surface area contributed by atoms with Crippen LogP contribution in [-0.2, 0) is 9.53 Å². The molecule has 1 N–H and O–H groups in total. The van der Waals surface area contributed by atoms with Crippen molar-refractivity contribution >= 4 is 17.1 Å². The van der Waals surface area contributed by atoms with E-state index in [2.05, 4.69) is 15.4 Å². The van der Waals surface area contributed by atoms with Crippen molar-refractivity contribution in [3.8, 4) is 11.4 Å². The second kappa shape index (κ2) is 6.64. The number of fused-ring (bicyclic) bond motifs is 1. The number of nitrogens with zero attached hydrogens (tertiary/aromatic N) is 3. The summed E-state index contributed by atoms with van der Waals surface area (Å²) in [5, 5.41) is 7.50. The molecule has 128 valence electrons. The molecule has 3 heterocycles. The van der Waals surface area contributed by atoms with Crippen LogP contribution in [-0.4, -0.2) is 33.2 Å². The number of carbonyl (C=O) groups is 1. The highest BCUT2D eigenvalue weighted by Crippen LogP contribution is 2.24. The number of anilines is 1. The molecule has 6 heteroatoms. The number of benzene rings is 1. The van der Waals surface area contributed by atoms with Crippen molar-refractivity contribution in [1.82, 2.24) is 14.6 Å². The highest BCUT2D eigenvalue weighted by Gasteiger charge is 2.22. The van der Waals surface area contributed by atoms with Crippen LogP contribution in [0.25, 0.3) is 16.9 Å². The van der Waals surface area contributed by atoms with Gasteiger partial charge in [-0.2, -0.15) is 0 Å². The van der Waals surface area contributed by atoms with Crippen molar-refractivity contribution in [2.45, 2.75) is 32.3 Å². The van der Waals surface area contributed by atoms with Gasteiger partial charge in [-0.25, -0.2) is 9.50 Å². The summed E-state index contributed by atoms with van der Waals surface area (Å²) in [6.45, 7) is 2.66. The van der Waals surface area contributed by atoms with Gasteiger partial charge in [0.1, 0.15) is 6.10 Å². The Labute approximate surface area is 145 Å². The fourth-order valence-corrected chi connectivity index (χ4v) is 3.07. The third kappa shape index (κ3) is 3.25. The first kappa shape index (κ1) is 15.8. The summed E-state index contributed by atoms with van der Waals surface area (Å²) in [5.74, 6) is 0.544. The number of hydrogen-bond donors (Lipinski definition) is 1. The molecule has 1 atom stereocenters. The lowest BCUT2D eigenvalue weighted by atomic mass is 10.1. The van der Waals surface area contributed by atoms with Crippen LogP contribution in [0.1, 0.15) is 24.8 Å². The summed E-state index contributed by atoms with van der Waals surface area (Å²) in [7, 11) is 0. The van der Waals surface area contributed by atoms with E-state index in [-0.39, 0.29) is 12.0 Å². The average molecular weight is 336 g/mol. The predicted octanol–water partition coefficient (Wildman–Crippen LogP) is 3.21. The van der Waals surface area contributed by atoms with Crippen molar-refractivity contribution < 1.29 is 9.53 Å². The number of hydrogen-bond acceptors (Lipinski definition) is 4. The van der Waals surface area contributed by atoms with E-state index in [1.807, 2.05) is 43.5 Å². The van der Waals surface area contributed by atoms with E-state index >= 15 is 0 Å². The zero-order valence-electron chi connectivity index (χ0n) is 14.1. The molecule has 25 heavy (non-hydrogen) atoms. The van der Waals surface area contributed by atoms with Gasteiger partial charge in [0.25, 0.3) is 5.91 Å². The van der Waals surface area contributed by atoms with E-state index in [4.69, 9.17) is 4.74 Å². The fraction of sp³-hybridized carbons (Fsp3) is 0.316. The van der Waals surface area contributed by atoms with E-state index in [0.717, 1.165) is 41.6 Å². The van der Waals surface area contributed by atoms with E-state index < -0.39 is 0 Å². The van der Waals surface area contributed by atoms with Crippen LogP contribution in [0, 0.1) is 6.92 Å². The van der Waals surface area contributed by atoms with Crippen LogP contribution in [0.15, 0.2) is 42.7 Å². The van der Waals surface area contributed by atoms with Gasteiger partial charge >= 0.3 is 0 Å². The van der Waals surface area contributed by atoms with Gasteiger partial charge in [0, 0.05) is 24.1 Å². The highest BCUT2D eigenvalue weighted by atomic mass is 16.5. The summed E-state index contributed by atoms with van der Waals surface area (Å²) in [4.78, 5) is 16.8. The average Bonchev–Trinajstić information content (AvgIpc) is 3.11. The largest absolute Gasteiger partial charge is 0.368 e. The van der Waals surface area contributed by atoms with Crippen LogP contribution < -0.4 is 5.32 Å². The minimum absolute atomic E-state index is 0.0868. The molecule has 0 unspecified atom stereocenters. The quantitative estimate of drug-likeness (QED) is 0.797. The number of ether oxygens (including phenoxy) is 1. The zero-order valence-corrected chi connectivity index (χ0v) is 14.1. The molecule has 0 bridgehead atoms. The van der Waals surface area contributed by atoms with E-state index in [9.17, 15) is 4.79 Å². The number of amides is 1. The Morgan fingerprint density at radius 2 is 2.24 bits per heavy atom. The molecule has 0 aliphatic carbocycles. The van der Waals surface area contributed by atoms with Crippen molar-refractivity contribution in [1.29, 1.82) is 0 Å². The maximum atomic E-state index is 12.4. The molecule has 3 aromatic rings. The van der Waals surface area contributed by atoms with Gasteiger partial charge in [-0.1, -0.05) is 6.07 Å². The maximum Gasteiger partial charge on any atom is 0.253 e. The Kier molecular flexibility index (Phi) is 4.19. The van der Waals surface area contributed by atoms with Crippen molar-refractivity contribution in [2.24, 2.45) is 0 Å². The predicted molar refractivity (Wildman–Crippen MR) is 95.4 cm³/mol. The SMILES string of the molecule is Cc1ccc(NC(=O)[C@@H]2CCCCO2)cc1-c1ncc2cccn2n1.